The molecule has 0 saturated carbocycles. The van der Waals surface area contributed by atoms with Gasteiger partial charge < -0.3 is 10.1 Å². The highest BCUT2D eigenvalue weighted by Crippen LogP contribution is 2.27. The molecular formula is C14H26N4O. The zero-order chi connectivity index (χ0) is 13.7. The summed E-state index contributed by atoms with van der Waals surface area (Å²) in [5.74, 6) is 0. The summed E-state index contributed by atoms with van der Waals surface area (Å²) < 4.78 is 7.94. The fourth-order valence-electron chi connectivity index (χ4n) is 2.63. The van der Waals surface area contributed by atoms with Crippen LogP contribution in [0.1, 0.15) is 31.9 Å². The van der Waals surface area contributed by atoms with Gasteiger partial charge in [-0.1, -0.05) is 6.92 Å². The first-order valence-corrected chi connectivity index (χ1v) is 7.31. The van der Waals surface area contributed by atoms with E-state index in [0.29, 0.717) is 6.04 Å². The van der Waals surface area contributed by atoms with Gasteiger partial charge in [-0.25, -0.2) is 0 Å². The van der Waals surface area contributed by atoms with Crippen LogP contribution in [0.15, 0.2) is 12.4 Å². The molecular weight excluding hydrogens is 240 g/mol. The monoisotopic (exact) mass is 266 g/mol. The van der Waals surface area contributed by atoms with Crippen molar-refractivity contribution >= 4 is 0 Å². The first-order valence-electron chi connectivity index (χ1n) is 7.31. The van der Waals surface area contributed by atoms with Crippen LogP contribution in [0.5, 0.6) is 0 Å². The quantitative estimate of drug-likeness (QED) is 0.788. The lowest BCUT2D eigenvalue weighted by Crippen LogP contribution is -2.47. The number of rotatable bonds is 6. The Kier molecular flexibility index (Phi) is 5.36. The molecule has 0 amide bonds. The van der Waals surface area contributed by atoms with Gasteiger partial charge in [-0.2, -0.15) is 5.10 Å². The summed E-state index contributed by atoms with van der Waals surface area (Å²) in [6.45, 7) is 8.95. The molecule has 19 heavy (non-hydrogen) atoms. The number of aryl methyl sites for hydroxylation is 1. The van der Waals surface area contributed by atoms with Crippen molar-refractivity contribution in [1.29, 1.82) is 0 Å². The highest BCUT2D eigenvalue weighted by molar-refractivity contribution is 5.14. The van der Waals surface area contributed by atoms with Crippen molar-refractivity contribution in [3.63, 3.8) is 0 Å². The Morgan fingerprint density at radius 2 is 2.32 bits per heavy atom. The number of likely N-dealkylation sites (N-methyl/N-ethyl adjacent to an activating group) is 1. The van der Waals surface area contributed by atoms with Crippen LogP contribution in [0.3, 0.4) is 0 Å². The highest BCUT2D eigenvalue weighted by Gasteiger charge is 2.31. The molecule has 108 valence electrons. The van der Waals surface area contributed by atoms with E-state index >= 15 is 0 Å². The maximum absolute atomic E-state index is 5.96. The third kappa shape index (κ3) is 3.55. The molecule has 5 heteroatoms. The molecule has 1 saturated heterocycles. The lowest BCUT2D eigenvalue weighted by molar-refractivity contribution is -0.0613. The average molecular weight is 266 g/mol. The summed E-state index contributed by atoms with van der Waals surface area (Å²) >= 11 is 0. The number of nitrogens with zero attached hydrogens (tertiary/aromatic N) is 3. The summed E-state index contributed by atoms with van der Waals surface area (Å²) in [7, 11) is 2.17. The molecule has 1 fully saturated rings. The van der Waals surface area contributed by atoms with E-state index in [4.69, 9.17) is 4.74 Å². The lowest BCUT2D eigenvalue weighted by Gasteiger charge is -2.38. The van der Waals surface area contributed by atoms with Crippen molar-refractivity contribution in [2.24, 2.45) is 0 Å². The summed E-state index contributed by atoms with van der Waals surface area (Å²) in [6.07, 6.45) is 5.48. The number of morpholine rings is 1. The number of hydrogen-bond donors (Lipinski definition) is 1. The van der Waals surface area contributed by atoms with Crippen LogP contribution >= 0.6 is 0 Å². The van der Waals surface area contributed by atoms with Gasteiger partial charge in [0.1, 0.15) is 0 Å². The highest BCUT2D eigenvalue weighted by atomic mass is 16.5. The first kappa shape index (κ1) is 14.5. The van der Waals surface area contributed by atoms with Crippen molar-refractivity contribution < 1.29 is 4.74 Å². The Bertz CT molecular complexity index is 379. The Labute approximate surface area is 115 Å². The molecule has 0 radical (unpaired) electrons. The van der Waals surface area contributed by atoms with Gasteiger partial charge in [0, 0.05) is 31.4 Å². The van der Waals surface area contributed by atoms with Gasteiger partial charge in [0.25, 0.3) is 0 Å². The van der Waals surface area contributed by atoms with E-state index < -0.39 is 0 Å². The molecule has 1 aliphatic rings. The SMILES string of the molecule is CCCNCC1OCCN(C)C1c1cnn(CC)c1. The Balaban J connectivity index is 2.06. The van der Waals surface area contributed by atoms with Gasteiger partial charge in [0.05, 0.1) is 24.9 Å². The molecule has 0 bridgehead atoms. The van der Waals surface area contributed by atoms with Crippen molar-refractivity contribution in [2.45, 2.75) is 39.0 Å². The van der Waals surface area contributed by atoms with E-state index in [1.54, 1.807) is 0 Å². The van der Waals surface area contributed by atoms with E-state index in [9.17, 15) is 0 Å². The first-order chi connectivity index (χ1) is 9.26. The fraction of sp³-hybridized carbons (Fsp3) is 0.786. The van der Waals surface area contributed by atoms with Crippen LogP contribution in [-0.4, -0.2) is 54.1 Å². The predicted octanol–water partition coefficient (Wildman–Crippen LogP) is 1.27. The Morgan fingerprint density at radius 1 is 1.47 bits per heavy atom. The Hall–Kier alpha value is -0.910. The molecule has 1 aromatic rings. The minimum Gasteiger partial charge on any atom is -0.374 e. The second-order valence-corrected chi connectivity index (χ2v) is 5.17. The van der Waals surface area contributed by atoms with Gasteiger partial charge in [-0.05, 0) is 26.9 Å². The van der Waals surface area contributed by atoms with E-state index in [1.807, 2.05) is 10.9 Å². The topological polar surface area (TPSA) is 42.3 Å². The number of hydrogen-bond acceptors (Lipinski definition) is 4. The predicted molar refractivity (Wildman–Crippen MR) is 76.2 cm³/mol. The van der Waals surface area contributed by atoms with Crippen molar-refractivity contribution in [1.82, 2.24) is 20.0 Å². The summed E-state index contributed by atoms with van der Waals surface area (Å²) in [5, 5.41) is 7.86. The normalized spacial score (nSPS) is 24.8. The number of ether oxygens (including phenoxy) is 1. The largest absolute Gasteiger partial charge is 0.374 e. The minimum absolute atomic E-state index is 0.208. The molecule has 2 atom stereocenters. The van der Waals surface area contributed by atoms with E-state index in [-0.39, 0.29) is 6.10 Å². The smallest absolute Gasteiger partial charge is 0.0897 e. The molecule has 1 aromatic heterocycles. The van der Waals surface area contributed by atoms with Crippen LogP contribution < -0.4 is 5.32 Å². The van der Waals surface area contributed by atoms with Gasteiger partial charge in [-0.15, -0.1) is 0 Å². The van der Waals surface area contributed by atoms with E-state index in [1.165, 1.54) is 5.56 Å². The molecule has 5 nitrogen and oxygen atoms in total. The molecule has 2 rings (SSSR count). The molecule has 1 N–H and O–H groups in total. The van der Waals surface area contributed by atoms with Crippen LogP contribution in [0, 0.1) is 0 Å². The van der Waals surface area contributed by atoms with Crippen LogP contribution in [0.2, 0.25) is 0 Å². The lowest BCUT2D eigenvalue weighted by atomic mass is 10.0. The standard InChI is InChI=1S/C14H26N4O/c1-4-6-15-10-13-14(17(3)7-8-19-13)12-9-16-18(5-2)11-12/h9,11,13-15H,4-8,10H2,1-3H3. The molecule has 0 aromatic carbocycles. The van der Waals surface area contributed by atoms with Crippen molar-refractivity contribution in [3.05, 3.63) is 18.0 Å². The Morgan fingerprint density at radius 3 is 3.00 bits per heavy atom. The maximum atomic E-state index is 5.96. The third-order valence-electron chi connectivity index (χ3n) is 3.69. The molecule has 2 heterocycles. The zero-order valence-corrected chi connectivity index (χ0v) is 12.3. The summed E-state index contributed by atoms with van der Waals surface area (Å²) in [4.78, 5) is 2.37. The van der Waals surface area contributed by atoms with Gasteiger partial charge in [-0.3, -0.25) is 9.58 Å². The average Bonchev–Trinajstić information content (AvgIpc) is 2.87. The van der Waals surface area contributed by atoms with Crippen LogP contribution in [0.4, 0.5) is 0 Å². The van der Waals surface area contributed by atoms with E-state index in [0.717, 1.165) is 39.2 Å². The second-order valence-electron chi connectivity index (χ2n) is 5.17. The summed E-state index contributed by atoms with van der Waals surface area (Å²) in [5.41, 5.74) is 1.26. The van der Waals surface area contributed by atoms with Crippen molar-refractivity contribution in [3.8, 4) is 0 Å². The van der Waals surface area contributed by atoms with Crippen LogP contribution in [0.25, 0.3) is 0 Å². The molecule has 1 aliphatic heterocycles. The molecule has 2 unspecified atom stereocenters. The fourth-order valence-corrected chi connectivity index (χ4v) is 2.63. The van der Waals surface area contributed by atoms with Gasteiger partial charge >= 0.3 is 0 Å². The number of aromatic nitrogens is 2. The third-order valence-corrected chi connectivity index (χ3v) is 3.69. The van der Waals surface area contributed by atoms with E-state index in [2.05, 4.69) is 42.4 Å². The minimum atomic E-state index is 0.208. The molecule has 0 spiro atoms. The number of nitrogens with one attached hydrogen (secondary N) is 1. The van der Waals surface area contributed by atoms with Gasteiger partial charge in [0.15, 0.2) is 0 Å². The van der Waals surface area contributed by atoms with Gasteiger partial charge in [0.2, 0.25) is 0 Å². The van der Waals surface area contributed by atoms with Crippen molar-refractivity contribution in [2.75, 3.05) is 33.3 Å². The van der Waals surface area contributed by atoms with Crippen LogP contribution in [-0.2, 0) is 11.3 Å². The second kappa shape index (κ2) is 7.03. The zero-order valence-electron chi connectivity index (χ0n) is 12.3. The molecule has 0 aliphatic carbocycles. The summed E-state index contributed by atoms with van der Waals surface area (Å²) in [6, 6.07) is 0.304. The maximum Gasteiger partial charge on any atom is 0.0897 e.